The van der Waals surface area contributed by atoms with Crippen LogP contribution in [0.15, 0.2) is 188 Å². The number of hydrogen-bond acceptors (Lipinski definition) is 4. The summed E-state index contributed by atoms with van der Waals surface area (Å²) in [5.41, 5.74) is 11.3. The number of imidazole rings is 1. The molecule has 0 bridgehead atoms. The number of fused-ring (bicyclic) bond motifs is 7. The van der Waals surface area contributed by atoms with Crippen LogP contribution in [0.5, 0.6) is 0 Å². The van der Waals surface area contributed by atoms with E-state index in [1.165, 1.54) is 0 Å². The van der Waals surface area contributed by atoms with E-state index in [4.69, 9.17) is 19.9 Å². The van der Waals surface area contributed by atoms with Crippen LogP contribution in [0.25, 0.3) is 105 Å². The lowest BCUT2D eigenvalue weighted by Gasteiger charge is -2.19. The van der Waals surface area contributed by atoms with E-state index < -0.39 is 0 Å². The van der Waals surface area contributed by atoms with E-state index in [1.54, 1.807) is 0 Å². The molecule has 5 nitrogen and oxygen atoms in total. The minimum atomic E-state index is 0.678. The maximum atomic E-state index is 5.49. The Hall–Kier alpha value is -7.50. The highest BCUT2D eigenvalue weighted by Crippen LogP contribution is 2.44. The van der Waals surface area contributed by atoms with Crippen molar-refractivity contribution in [3.63, 3.8) is 0 Å². The number of aromatic nitrogens is 5. The molecule has 11 aromatic rings. The number of nitrogens with zero attached hydrogens (tertiary/aromatic N) is 5. The van der Waals surface area contributed by atoms with Crippen molar-refractivity contribution in [1.29, 1.82) is 0 Å². The minimum Gasteiger partial charge on any atom is -0.284 e. The van der Waals surface area contributed by atoms with Crippen molar-refractivity contribution in [2.24, 2.45) is 0 Å². The van der Waals surface area contributed by atoms with Crippen LogP contribution in [0.2, 0.25) is 0 Å². The topological polar surface area (TPSA) is 56.0 Å². The molecule has 0 aliphatic heterocycles. The van der Waals surface area contributed by atoms with Gasteiger partial charge in [0.2, 0.25) is 0 Å². The Morgan fingerprint density at radius 3 is 1.62 bits per heavy atom. The molecule has 0 atom stereocenters. The van der Waals surface area contributed by atoms with Gasteiger partial charge in [0, 0.05) is 44.8 Å². The molecule has 4 heterocycles. The quantitative estimate of drug-likeness (QED) is 0.179. The van der Waals surface area contributed by atoms with Gasteiger partial charge in [0.15, 0.2) is 11.5 Å². The van der Waals surface area contributed by atoms with E-state index >= 15 is 0 Å². The molecule has 7 aromatic carbocycles. The molecule has 55 heavy (non-hydrogen) atoms. The van der Waals surface area contributed by atoms with E-state index in [1.807, 2.05) is 42.6 Å². The Morgan fingerprint density at radius 2 is 0.909 bits per heavy atom. The molecule has 256 valence electrons. The van der Waals surface area contributed by atoms with E-state index in [0.29, 0.717) is 5.82 Å². The lowest BCUT2D eigenvalue weighted by Crippen LogP contribution is -2.02. The highest BCUT2D eigenvalue weighted by atomic mass is 15.1. The normalized spacial score (nSPS) is 11.6. The summed E-state index contributed by atoms with van der Waals surface area (Å²) >= 11 is 0. The van der Waals surface area contributed by atoms with Crippen molar-refractivity contribution in [3.05, 3.63) is 188 Å². The molecule has 0 aliphatic rings. The van der Waals surface area contributed by atoms with Crippen molar-refractivity contribution >= 4 is 49.1 Å². The van der Waals surface area contributed by atoms with Crippen molar-refractivity contribution in [2.45, 2.75) is 0 Å². The summed E-state index contributed by atoms with van der Waals surface area (Å²) in [4.78, 5) is 21.3. The average Bonchev–Trinajstić information content (AvgIpc) is 3.64. The van der Waals surface area contributed by atoms with Crippen molar-refractivity contribution in [3.8, 4) is 56.3 Å². The highest BCUT2D eigenvalue weighted by Gasteiger charge is 2.23. The van der Waals surface area contributed by atoms with Crippen LogP contribution in [0, 0.1) is 0 Å². The van der Waals surface area contributed by atoms with Crippen molar-refractivity contribution < 1.29 is 0 Å². The average molecular weight is 702 g/mol. The second kappa shape index (κ2) is 12.6. The zero-order chi connectivity index (χ0) is 36.3. The highest BCUT2D eigenvalue weighted by molar-refractivity contribution is 6.10. The van der Waals surface area contributed by atoms with Gasteiger partial charge in [-0.1, -0.05) is 164 Å². The number of pyridine rings is 2. The first-order valence-electron chi connectivity index (χ1n) is 18.5. The molecule has 0 unspecified atom stereocenters. The van der Waals surface area contributed by atoms with Crippen LogP contribution < -0.4 is 0 Å². The molecular weight excluding hydrogens is 671 g/mol. The van der Waals surface area contributed by atoms with Crippen molar-refractivity contribution in [1.82, 2.24) is 24.3 Å². The first-order valence-corrected chi connectivity index (χ1v) is 18.5. The van der Waals surface area contributed by atoms with Crippen LogP contribution in [0.4, 0.5) is 0 Å². The van der Waals surface area contributed by atoms with Crippen LogP contribution in [-0.2, 0) is 0 Å². The van der Waals surface area contributed by atoms with Gasteiger partial charge < -0.3 is 0 Å². The van der Waals surface area contributed by atoms with Gasteiger partial charge >= 0.3 is 0 Å². The van der Waals surface area contributed by atoms with Crippen LogP contribution in [0.3, 0.4) is 0 Å². The SMILES string of the molecule is c1ccc(-c2nc(-c3cccc4ccccc34)c(-c3cccc(-c4nc5c(nc6ccccn65)c5ccccc45)c3)c(-c3cccc4ccccc34)n2)cc1. The summed E-state index contributed by atoms with van der Waals surface area (Å²) in [6, 6.07) is 63.6. The van der Waals surface area contributed by atoms with E-state index in [0.717, 1.165) is 99.6 Å². The summed E-state index contributed by atoms with van der Waals surface area (Å²) in [5, 5.41) is 6.70. The van der Waals surface area contributed by atoms with E-state index in [9.17, 15) is 0 Å². The van der Waals surface area contributed by atoms with E-state index in [-0.39, 0.29) is 0 Å². The lowest BCUT2D eigenvalue weighted by molar-refractivity contribution is 1.19. The van der Waals surface area contributed by atoms with Crippen molar-refractivity contribution in [2.75, 3.05) is 0 Å². The third kappa shape index (κ3) is 5.09. The van der Waals surface area contributed by atoms with Crippen LogP contribution >= 0.6 is 0 Å². The zero-order valence-corrected chi connectivity index (χ0v) is 29.6. The maximum Gasteiger partial charge on any atom is 0.165 e. The zero-order valence-electron chi connectivity index (χ0n) is 29.6. The Morgan fingerprint density at radius 1 is 0.364 bits per heavy atom. The van der Waals surface area contributed by atoms with Gasteiger partial charge in [-0.2, -0.15) is 0 Å². The molecule has 0 fully saturated rings. The molecular formula is C50H31N5. The third-order valence-electron chi connectivity index (χ3n) is 10.6. The second-order valence-corrected chi connectivity index (χ2v) is 13.8. The Labute approximate surface area is 316 Å². The molecule has 0 amide bonds. The molecule has 4 aromatic heterocycles. The van der Waals surface area contributed by atoms with Gasteiger partial charge in [-0.15, -0.1) is 0 Å². The van der Waals surface area contributed by atoms with Gasteiger partial charge in [-0.3, -0.25) is 4.40 Å². The molecule has 11 rings (SSSR count). The van der Waals surface area contributed by atoms with Crippen LogP contribution in [-0.4, -0.2) is 24.3 Å². The number of rotatable bonds is 5. The monoisotopic (exact) mass is 701 g/mol. The van der Waals surface area contributed by atoms with Crippen LogP contribution in [0.1, 0.15) is 0 Å². The fourth-order valence-electron chi connectivity index (χ4n) is 8.08. The largest absolute Gasteiger partial charge is 0.284 e. The summed E-state index contributed by atoms with van der Waals surface area (Å²) in [7, 11) is 0. The van der Waals surface area contributed by atoms with E-state index in [2.05, 4.69) is 150 Å². The molecule has 0 aliphatic carbocycles. The molecule has 0 saturated heterocycles. The third-order valence-corrected chi connectivity index (χ3v) is 10.6. The smallest absolute Gasteiger partial charge is 0.165 e. The van der Waals surface area contributed by atoms with Gasteiger partial charge in [0.25, 0.3) is 0 Å². The summed E-state index contributed by atoms with van der Waals surface area (Å²) < 4.78 is 2.07. The van der Waals surface area contributed by atoms with Gasteiger partial charge in [0.05, 0.1) is 17.1 Å². The molecule has 0 saturated carbocycles. The lowest BCUT2D eigenvalue weighted by atomic mass is 9.89. The van der Waals surface area contributed by atoms with Gasteiger partial charge in [-0.25, -0.2) is 19.9 Å². The fraction of sp³-hybridized carbons (Fsp3) is 0. The summed E-state index contributed by atoms with van der Waals surface area (Å²) in [6.07, 6.45) is 2.03. The standard InChI is InChI=1S/C50H31N5/c1-2-17-34(18-3-1)49-52-46(39-27-13-19-32-15-4-6-23-37(32)39)44(47(53-49)40-28-14-20-33-16-5-7-24-38(33)40)35-21-12-22-36(31-35)45-41-25-8-9-26-42(41)48-50(54-45)55-30-11-10-29-43(55)51-48/h1-31H. The van der Waals surface area contributed by atoms with Gasteiger partial charge in [-0.05, 0) is 45.3 Å². The molecule has 0 radical (unpaired) electrons. The number of hydrogen-bond donors (Lipinski definition) is 0. The summed E-state index contributed by atoms with van der Waals surface area (Å²) in [6.45, 7) is 0. The Bertz CT molecular complexity index is 3160. The Balaban J connectivity index is 1.25. The Kier molecular flexibility index (Phi) is 7.10. The fourth-order valence-corrected chi connectivity index (χ4v) is 8.08. The predicted octanol–water partition coefficient (Wildman–Crippen LogP) is 12.5. The molecule has 5 heteroatoms. The second-order valence-electron chi connectivity index (χ2n) is 13.8. The minimum absolute atomic E-state index is 0.678. The molecule has 0 spiro atoms. The number of benzene rings is 7. The summed E-state index contributed by atoms with van der Waals surface area (Å²) in [5.74, 6) is 0.678. The van der Waals surface area contributed by atoms with Gasteiger partial charge in [0.1, 0.15) is 11.2 Å². The first-order chi connectivity index (χ1) is 27.3. The maximum absolute atomic E-state index is 5.49. The first kappa shape index (κ1) is 31.1. The predicted molar refractivity (Wildman–Crippen MR) is 226 cm³/mol. The molecule has 0 N–H and O–H groups in total.